The number of carbonyl (C=O) groups excluding carboxylic acids is 1. The molecule has 3 heterocycles. The molecule has 11 heteroatoms. The zero-order valence-corrected chi connectivity index (χ0v) is 18.5. The van der Waals surface area contributed by atoms with Crippen molar-refractivity contribution in [2.45, 2.75) is 38.8 Å². The summed E-state index contributed by atoms with van der Waals surface area (Å²) in [6.45, 7) is 4.15. The first-order chi connectivity index (χ1) is 15.9. The van der Waals surface area contributed by atoms with Crippen LogP contribution in [0.2, 0.25) is 0 Å². The molecule has 1 amide bonds. The number of pyridine rings is 2. The molecular weight excluding hydrogens is 427 g/mol. The maximum Gasteiger partial charge on any atom is 0.252 e. The molecule has 4 rings (SSSR count). The van der Waals surface area contributed by atoms with Crippen LogP contribution in [0.1, 0.15) is 37.0 Å². The number of primary amides is 1. The minimum Gasteiger partial charge on any atom is -0.476 e. The van der Waals surface area contributed by atoms with Gasteiger partial charge in [0, 0.05) is 24.5 Å². The molecule has 0 radical (unpaired) electrons. The predicted molar refractivity (Wildman–Crippen MR) is 122 cm³/mol. The van der Waals surface area contributed by atoms with E-state index < -0.39 is 11.7 Å². The standard InChI is InChI=1S/C22H27FN8O2/c1-3-33-22-17(31-8-4-7-27-31)9-14(11-26-22)28-20-15(19(25)32)10-16(23)21(30-20)29-18(12(2)24)13-5-6-13/h4,7-13,18H,3,5-6,24H2,1-2H3,(H2,25,32)(H2,28,29,30)/t12-,18-/m0/s1. The van der Waals surface area contributed by atoms with E-state index in [4.69, 9.17) is 16.2 Å². The van der Waals surface area contributed by atoms with Crippen LogP contribution in [-0.4, -0.2) is 44.3 Å². The molecule has 3 aromatic heterocycles. The zero-order valence-electron chi connectivity index (χ0n) is 18.5. The van der Waals surface area contributed by atoms with E-state index in [0.29, 0.717) is 29.8 Å². The Morgan fingerprint density at radius 2 is 2.15 bits per heavy atom. The second-order valence-corrected chi connectivity index (χ2v) is 8.00. The maximum absolute atomic E-state index is 14.8. The third kappa shape index (κ3) is 5.03. The van der Waals surface area contributed by atoms with Crippen molar-refractivity contribution in [1.29, 1.82) is 0 Å². The number of halogens is 1. The predicted octanol–water partition coefficient (Wildman–Crippen LogP) is 2.58. The average molecular weight is 455 g/mol. The van der Waals surface area contributed by atoms with Crippen molar-refractivity contribution in [2.24, 2.45) is 17.4 Å². The largest absolute Gasteiger partial charge is 0.476 e. The highest BCUT2D eigenvalue weighted by molar-refractivity contribution is 5.98. The summed E-state index contributed by atoms with van der Waals surface area (Å²) in [4.78, 5) is 20.7. The first kappa shape index (κ1) is 22.5. The quantitative estimate of drug-likeness (QED) is 0.366. The van der Waals surface area contributed by atoms with E-state index in [1.54, 1.807) is 29.2 Å². The average Bonchev–Trinajstić information content (AvgIpc) is 3.46. The van der Waals surface area contributed by atoms with E-state index in [1.807, 2.05) is 13.8 Å². The molecule has 10 nitrogen and oxygen atoms in total. The van der Waals surface area contributed by atoms with Crippen LogP contribution in [0.15, 0.2) is 36.8 Å². The summed E-state index contributed by atoms with van der Waals surface area (Å²) in [5, 5.41) is 10.4. The van der Waals surface area contributed by atoms with Gasteiger partial charge in [0.05, 0.1) is 24.1 Å². The van der Waals surface area contributed by atoms with E-state index in [9.17, 15) is 9.18 Å². The van der Waals surface area contributed by atoms with Gasteiger partial charge in [0.15, 0.2) is 11.6 Å². The Labute approximate surface area is 190 Å². The van der Waals surface area contributed by atoms with E-state index in [2.05, 4.69) is 25.7 Å². The highest BCUT2D eigenvalue weighted by Crippen LogP contribution is 2.36. The topological polar surface area (TPSA) is 146 Å². The van der Waals surface area contributed by atoms with Crippen molar-refractivity contribution in [2.75, 3.05) is 17.2 Å². The zero-order chi connectivity index (χ0) is 23.5. The van der Waals surface area contributed by atoms with Crippen molar-refractivity contribution in [3.8, 4) is 11.6 Å². The fourth-order valence-corrected chi connectivity index (χ4v) is 3.63. The van der Waals surface area contributed by atoms with Gasteiger partial charge in [-0.05, 0) is 50.8 Å². The Balaban J connectivity index is 1.69. The van der Waals surface area contributed by atoms with Crippen LogP contribution in [0, 0.1) is 11.7 Å². The van der Waals surface area contributed by atoms with Crippen LogP contribution < -0.4 is 26.8 Å². The van der Waals surface area contributed by atoms with Gasteiger partial charge in [0.25, 0.3) is 5.91 Å². The summed E-state index contributed by atoms with van der Waals surface area (Å²) < 4.78 is 22.0. The maximum atomic E-state index is 14.8. The van der Waals surface area contributed by atoms with Gasteiger partial charge in [0.1, 0.15) is 11.5 Å². The number of nitrogens with zero attached hydrogens (tertiary/aromatic N) is 4. The lowest BCUT2D eigenvalue weighted by molar-refractivity contribution is 0.100. The number of aromatic nitrogens is 4. The van der Waals surface area contributed by atoms with E-state index >= 15 is 0 Å². The van der Waals surface area contributed by atoms with E-state index in [-0.39, 0.29) is 29.3 Å². The molecule has 0 bridgehead atoms. The number of anilines is 3. The molecule has 174 valence electrons. The van der Waals surface area contributed by atoms with Crippen molar-refractivity contribution in [1.82, 2.24) is 19.7 Å². The highest BCUT2D eigenvalue weighted by Gasteiger charge is 2.34. The Kier molecular flexibility index (Phi) is 6.40. The van der Waals surface area contributed by atoms with Gasteiger partial charge in [-0.2, -0.15) is 5.10 Å². The van der Waals surface area contributed by atoms with Crippen molar-refractivity contribution in [3.05, 3.63) is 48.2 Å². The fraction of sp³-hybridized carbons (Fsp3) is 0.364. The summed E-state index contributed by atoms with van der Waals surface area (Å²) in [5.41, 5.74) is 12.6. The second-order valence-electron chi connectivity index (χ2n) is 8.00. The normalized spacial score (nSPS) is 15.0. The molecular formula is C22H27FN8O2. The number of amides is 1. The Morgan fingerprint density at radius 3 is 2.76 bits per heavy atom. The third-order valence-corrected chi connectivity index (χ3v) is 5.37. The molecule has 1 aliphatic carbocycles. The number of hydrogen-bond donors (Lipinski definition) is 4. The number of rotatable bonds is 10. The van der Waals surface area contributed by atoms with E-state index in [0.717, 1.165) is 18.9 Å². The molecule has 1 fully saturated rings. The van der Waals surface area contributed by atoms with Crippen LogP contribution in [-0.2, 0) is 0 Å². The number of nitrogens with one attached hydrogen (secondary N) is 2. The second kappa shape index (κ2) is 9.41. The Hall–Kier alpha value is -3.73. The Morgan fingerprint density at radius 1 is 1.36 bits per heavy atom. The molecule has 0 aliphatic heterocycles. The molecule has 0 spiro atoms. The van der Waals surface area contributed by atoms with Crippen LogP contribution in [0.25, 0.3) is 5.69 Å². The lowest BCUT2D eigenvalue weighted by atomic mass is 10.1. The molecule has 33 heavy (non-hydrogen) atoms. The molecule has 1 saturated carbocycles. The SMILES string of the molecule is CCOc1ncc(Nc2nc(N[C@H](C3CC3)[C@H](C)N)c(F)cc2C(N)=O)cc1-n1cccn1. The van der Waals surface area contributed by atoms with Gasteiger partial charge < -0.3 is 26.8 Å². The number of carbonyl (C=O) groups is 1. The smallest absolute Gasteiger partial charge is 0.252 e. The summed E-state index contributed by atoms with van der Waals surface area (Å²) in [5.74, 6) is -0.632. The number of hydrogen-bond acceptors (Lipinski definition) is 8. The summed E-state index contributed by atoms with van der Waals surface area (Å²) in [7, 11) is 0. The molecule has 0 aromatic carbocycles. The van der Waals surface area contributed by atoms with Crippen LogP contribution in [0.4, 0.5) is 21.7 Å². The van der Waals surface area contributed by atoms with E-state index in [1.165, 1.54) is 6.20 Å². The van der Waals surface area contributed by atoms with Gasteiger partial charge in [-0.15, -0.1) is 0 Å². The Bertz CT molecular complexity index is 1130. The summed E-state index contributed by atoms with van der Waals surface area (Å²) >= 11 is 0. The van der Waals surface area contributed by atoms with Crippen molar-refractivity contribution < 1.29 is 13.9 Å². The first-order valence-electron chi connectivity index (χ1n) is 10.8. The number of nitrogens with two attached hydrogens (primary N) is 2. The monoisotopic (exact) mass is 454 g/mol. The number of ether oxygens (including phenoxy) is 1. The van der Waals surface area contributed by atoms with Gasteiger partial charge in [-0.1, -0.05) is 0 Å². The molecule has 6 N–H and O–H groups in total. The molecule has 0 unspecified atom stereocenters. The van der Waals surface area contributed by atoms with Crippen LogP contribution in [0.3, 0.4) is 0 Å². The highest BCUT2D eigenvalue weighted by atomic mass is 19.1. The minimum absolute atomic E-state index is 0.00268. The van der Waals surface area contributed by atoms with Gasteiger partial charge >= 0.3 is 0 Å². The van der Waals surface area contributed by atoms with Gasteiger partial charge in [-0.25, -0.2) is 19.0 Å². The van der Waals surface area contributed by atoms with Gasteiger partial charge in [0.2, 0.25) is 5.88 Å². The van der Waals surface area contributed by atoms with Gasteiger partial charge in [-0.3, -0.25) is 4.79 Å². The third-order valence-electron chi connectivity index (χ3n) is 5.37. The first-order valence-corrected chi connectivity index (χ1v) is 10.8. The molecule has 3 aromatic rings. The lowest BCUT2D eigenvalue weighted by Crippen LogP contribution is -2.40. The molecule has 0 saturated heterocycles. The lowest BCUT2D eigenvalue weighted by Gasteiger charge is -2.23. The fourth-order valence-electron chi connectivity index (χ4n) is 3.63. The van der Waals surface area contributed by atoms with Crippen molar-refractivity contribution in [3.63, 3.8) is 0 Å². The van der Waals surface area contributed by atoms with Crippen LogP contribution in [0.5, 0.6) is 5.88 Å². The summed E-state index contributed by atoms with van der Waals surface area (Å²) in [6.07, 6.45) is 6.96. The minimum atomic E-state index is -0.812. The van der Waals surface area contributed by atoms with Crippen molar-refractivity contribution >= 4 is 23.2 Å². The molecule has 1 aliphatic rings. The van der Waals surface area contributed by atoms with Crippen LogP contribution >= 0.6 is 0 Å². The molecule has 2 atom stereocenters. The summed E-state index contributed by atoms with van der Waals surface area (Å²) in [6, 6.07) is 4.26.